The molecule has 0 aliphatic rings. The van der Waals surface area contributed by atoms with Crippen molar-refractivity contribution >= 4 is 87.4 Å². The minimum atomic E-state index is 0.557. The van der Waals surface area contributed by atoms with E-state index in [2.05, 4.69) is 105 Å². The third-order valence-electron chi connectivity index (χ3n) is 9.88. The molecule has 0 unspecified atom stereocenters. The van der Waals surface area contributed by atoms with E-state index in [4.69, 9.17) is 21.5 Å². The second-order valence-electron chi connectivity index (χ2n) is 12.3. The van der Waals surface area contributed by atoms with Gasteiger partial charge in [0.2, 0.25) is 5.95 Å². The maximum Gasteiger partial charge on any atom is 0.235 e. The zero-order valence-electron chi connectivity index (χ0n) is 25.4. The first-order valence-electron chi connectivity index (χ1n) is 15.9. The molecular weight excluding hydrogens is 589 g/mol. The Labute approximate surface area is 272 Å². The minimum Gasteiger partial charge on any atom is -0.307 e. The second-order valence-corrected chi connectivity index (χ2v) is 12.3. The highest BCUT2D eigenvalue weighted by atomic mass is 15.2. The van der Waals surface area contributed by atoms with Gasteiger partial charge in [-0.1, -0.05) is 91.0 Å². The van der Waals surface area contributed by atoms with Crippen molar-refractivity contribution < 1.29 is 0 Å². The van der Waals surface area contributed by atoms with Gasteiger partial charge in [0.1, 0.15) is 11.2 Å². The lowest BCUT2D eigenvalue weighted by molar-refractivity contribution is 1.01. The van der Waals surface area contributed by atoms with Crippen LogP contribution in [-0.2, 0) is 0 Å². The molecule has 0 aliphatic carbocycles. The molecular formula is C42H22N6. The maximum absolute atomic E-state index is 7.62. The first kappa shape index (κ1) is 25.4. The fraction of sp³-hybridized carbons (Fsp3) is 0. The van der Waals surface area contributed by atoms with Crippen molar-refractivity contribution in [2.45, 2.75) is 0 Å². The monoisotopic (exact) mass is 610 g/mol. The van der Waals surface area contributed by atoms with Crippen LogP contribution in [0, 0.1) is 6.57 Å². The van der Waals surface area contributed by atoms with Gasteiger partial charge < -0.3 is 4.40 Å². The Balaban J connectivity index is 1.37. The summed E-state index contributed by atoms with van der Waals surface area (Å²) in [7, 11) is 0. The molecule has 220 valence electrons. The van der Waals surface area contributed by atoms with Crippen LogP contribution < -0.4 is 0 Å². The van der Waals surface area contributed by atoms with E-state index in [0.717, 1.165) is 27.5 Å². The third-order valence-corrected chi connectivity index (χ3v) is 9.88. The number of benzene rings is 6. The van der Waals surface area contributed by atoms with Crippen molar-refractivity contribution in [3.63, 3.8) is 0 Å². The number of fused-ring (bicyclic) bond motifs is 13. The first-order chi connectivity index (χ1) is 23.8. The van der Waals surface area contributed by atoms with Crippen LogP contribution in [0.2, 0.25) is 0 Å². The van der Waals surface area contributed by atoms with E-state index in [1.807, 2.05) is 36.4 Å². The summed E-state index contributed by atoms with van der Waals surface area (Å²) in [6.07, 6.45) is 1.77. The predicted octanol–water partition coefficient (Wildman–Crippen LogP) is 10.6. The summed E-state index contributed by atoms with van der Waals surface area (Å²) in [5.74, 6) is 0.567. The van der Waals surface area contributed by atoms with E-state index < -0.39 is 0 Å². The summed E-state index contributed by atoms with van der Waals surface area (Å²) in [5.41, 5.74) is 9.28. The molecule has 11 aromatic rings. The van der Waals surface area contributed by atoms with Crippen molar-refractivity contribution in [1.82, 2.24) is 23.9 Å². The van der Waals surface area contributed by atoms with Gasteiger partial charge in [0.25, 0.3) is 0 Å². The lowest BCUT2D eigenvalue weighted by atomic mass is 10.0. The van der Waals surface area contributed by atoms with Crippen LogP contribution in [-0.4, -0.2) is 23.9 Å². The van der Waals surface area contributed by atoms with E-state index in [1.165, 1.54) is 54.3 Å². The van der Waals surface area contributed by atoms with Crippen molar-refractivity contribution in [3.8, 4) is 17.2 Å². The van der Waals surface area contributed by atoms with Crippen LogP contribution in [0.15, 0.2) is 134 Å². The summed E-state index contributed by atoms with van der Waals surface area (Å²) < 4.78 is 4.68. The average molecular weight is 611 g/mol. The average Bonchev–Trinajstić information content (AvgIpc) is 3.79. The smallest absolute Gasteiger partial charge is 0.235 e. The van der Waals surface area contributed by atoms with Crippen LogP contribution in [0.1, 0.15) is 0 Å². The van der Waals surface area contributed by atoms with Gasteiger partial charge in [-0.2, -0.15) is 0 Å². The van der Waals surface area contributed by atoms with E-state index in [9.17, 15) is 0 Å². The fourth-order valence-corrected chi connectivity index (χ4v) is 7.96. The maximum atomic E-state index is 7.62. The minimum absolute atomic E-state index is 0.557. The first-order valence-corrected chi connectivity index (χ1v) is 15.9. The SMILES string of the molecule is [C-]#[N+]c1cccc(-c2nc(-n3c4ccccc4c4c5c6ccc7ccccc7c6n6c7ccccc7c(cc43)c56)nc3cccnc23)c1. The molecule has 5 aromatic heterocycles. The molecule has 0 amide bonds. The summed E-state index contributed by atoms with van der Waals surface area (Å²) in [6, 6.07) is 44.3. The van der Waals surface area contributed by atoms with Gasteiger partial charge in [-0.15, -0.1) is 0 Å². The number of nitrogens with zero attached hydrogens (tertiary/aromatic N) is 6. The Morgan fingerprint density at radius 3 is 2.27 bits per heavy atom. The molecule has 48 heavy (non-hydrogen) atoms. The molecule has 0 bridgehead atoms. The van der Waals surface area contributed by atoms with Crippen LogP contribution in [0.4, 0.5) is 5.69 Å². The molecule has 0 radical (unpaired) electrons. The Hall–Kier alpha value is -6.84. The lowest BCUT2D eigenvalue weighted by Crippen LogP contribution is -2.04. The van der Waals surface area contributed by atoms with Gasteiger partial charge in [-0.25, -0.2) is 14.8 Å². The standard InChI is InChI=1S/C42H22N6/c1-43-26-12-8-11-25(22-26)38-39-32(16-9-21-44-39)45-42(46-38)47-34-18-7-5-15-29(34)36-35(47)23-31-28-14-4-6-17-33(28)48-40-27-13-3-2-10-24(27)19-20-30(40)37(36)41(31)48/h2-23H. The van der Waals surface area contributed by atoms with E-state index in [1.54, 1.807) is 6.20 Å². The van der Waals surface area contributed by atoms with Gasteiger partial charge in [0.15, 0.2) is 5.69 Å². The Morgan fingerprint density at radius 2 is 1.38 bits per heavy atom. The lowest BCUT2D eigenvalue weighted by Gasteiger charge is -2.11. The molecule has 0 saturated carbocycles. The molecule has 6 nitrogen and oxygen atoms in total. The molecule has 0 spiro atoms. The summed E-state index contributed by atoms with van der Waals surface area (Å²) in [4.78, 5) is 18.8. The number of para-hydroxylation sites is 2. The van der Waals surface area contributed by atoms with Gasteiger partial charge in [-0.3, -0.25) is 9.55 Å². The quantitative estimate of drug-likeness (QED) is 0.183. The van der Waals surface area contributed by atoms with Crippen LogP contribution in [0.3, 0.4) is 0 Å². The molecule has 0 fully saturated rings. The Bertz CT molecular complexity index is 3200. The zero-order valence-corrected chi connectivity index (χ0v) is 25.4. The molecule has 0 atom stereocenters. The molecule has 6 heteroatoms. The predicted molar refractivity (Wildman–Crippen MR) is 196 cm³/mol. The van der Waals surface area contributed by atoms with Crippen LogP contribution in [0.25, 0.3) is 104 Å². The molecule has 6 aromatic carbocycles. The highest BCUT2D eigenvalue weighted by Crippen LogP contribution is 2.47. The number of hydrogen-bond acceptors (Lipinski definition) is 3. The molecule has 11 rings (SSSR count). The van der Waals surface area contributed by atoms with Gasteiger partial charge in [-0.05, 0) is 47.3 Å². The van der Waals surface area contributed by atoms with Gasteiger partial charge in [0.05, 0.1) is 39.7 Å². The third kappa shape index (κ3) is 3.17. The fourth-order valence-electron chi connectivity index (χ4n) is 7.96. The largest absolute Gasteiger partial charge is 0.307 e. The Kier molecular flexibility index (Phi) is 4.82. The van der Waals surface area contributed by atoms with Crippen molar-refractivity contribution in [2.24, 2.45) is 0 Å². The second kappa shape index (κ2) is 9.12. The highest BCUT2D eigenvalue weighted by molar-refractivity contribution is 6.37. The van der Waals surface area contributed by atoms with Crippen LogP contribution >= 0.6 is 0 Å². The summed E-state index contributed by atoms with van der Waals surface area (Å²) in [6.45, 7) is 7.62. The number of aromatic nitrogens is 5. The van der Waals surface area contributed by atoms with E-state index >= 15 is 0 Å². The Morgan fingerprint density at radius 1 is 0.562 bits per heavy atom. The summed E-state index contributed by atoms with van der Waals surface area (Å²) >= 11 is 0. The molecule has 0 saturated heterocycles. The van der Waals surface area contributed by atoms with Crippen molar-refractivity contribution in [2.75, 3.05) is 0 Å². The molecule has 5 heterocycles. The molecule has 0 aliphatic heterocycles. The highest BCUT2D eigenvalue weighted by Gasteiger charge is 2.26. The number of hydrogen-bond donors (Lipinski definition) is 0. The van der Waals surface area contributed by atoms with Gasteiger partial charge in [0, 0.05) is 43.9 Å². The molecule has 0 N–H and O–H groups in total. The normalized spacial score (nSPS) is 12.1. The number of rotatable bonds is 2. The topological polar surface area (TPSA) is 52.4 Å². The van der Waals surface area contributed by atoms with Gasteiger partial charge >= 0.3 is 0 Å². The summed E-state index contributed by atoms with van der Waals surface area (Å²) in [5, 5.41) is 9.67. The zero-order chi connectivity index (χ0) is 31.5. The van der Waals surface area contributed by atoms with E-state index in [0.29, 0.717) is 22.8 Å². The number of pyridine rings is 1. The van der Waals surface area contributed by atoms with Crippen molar-refractivity contribution in [1.29, 1.82) is 0 Å². The van der Waals surface area contributed by atoms with E-state index in [-0.39, 0.29) is 0 Å². The van der Waals surface area contributed by atoms with Crippen LogP contribution in [0.5, 0.6) is 0 Å². The van der Waals surface area contributed by atoms with Crippen molar-refractivity contribution in [3.05, 3.63) is 145 Å².